The Morgan fingerprint density at radius 2 is 2.24 bits per heavy atom. The molecule has 3 rings (SSSR count). The molecule has 5 atom stereocenters. The fourth-order valence-corrected chi connectivity index (χ4v) is 2.88. The number of aromatic nitrogens is 4. The number of nitrogens with one attached hydrogen (secondary N) is 1. The van der Waals surface area contributed by atoms with Crippen molar-refractivity contribution >= 4 is 17.1 Å². The molecule has 2 aromatic heterocycles. The third kappa shape index (κ3) is 2.92. The molecule has 25 heavy (non-hydrogen) atoms. The van der Waals surface area contributed by atoms with Crippen molar-refractivity contribution in [2.75, 3.05) is 12.3 Å². The van der Waals surface area contributed by atoms with Gasteiger partial charge in [-0.25, -0.2) is 4.57 Å². The van der Waals surface area contributed by atoms with Crippen LogP contribution in [0.3, 0.4) is 0 Å². The maximum atomic E-state index is 12.3. The van der Waals surface area contributed by atoms with E-state index in [1.54, 1.807) is 0 Å². The second-order valence-electron chi connectivity index (χ2n) is 5.83. The first kappa shape index (κ1) is 17.5. The summed E-state index contributed by atoms with van der Waals surface area (Å²) in [7, 11) is 0. The van der Waals surface area contributed by atoms with Crippen molar-refractivity contribution in [3.8, 4) is 0 Å². The van der Waals surface area contributed by atoms with Crippen molar-refractivity contribution < 1.29 is 29.7 Å². The Balaban J connectivity index is 2.15. The van der Waals surface area contributed by atoms with Crippen molar-refractivity contribution in [3.05, 3.63) is 29.3 Å². The van der Waals surface area contributed by atoms with E-state index in [0.717, 1.165) is 0 Å². The molecule has 0 aromatic carbocycles. The molecule has 1 fully saturated rings. The summed E-state index contributed by atoms with van der Waals surface area (Å²) in [4.78, 5) is 18.7. The van der Waals surface area contributed by atoms with Crippen molar-refractivity contribution in [2.24, 2.45) is 0 Å². The average Bonchev–Trinajstić information content (AvgIpc) is 3.06. The molecule has 0 aliphatic carbocycles. The topological polar surface area (TPSA) is 171 Å². The summed E-state index contributed by atoms with van der Waals surface area (Å²) >= 11 is 0. The monoisotopic (exact) mass is 354 g/mol. The van der Waals surface area contributed by atoms with E-state index in [2.05, 4.69) is 16.5 Å². The molecular weight excluding hydrogens is 334 g/mol. The van der Waals surface area contributed by atoms with Gasteiger partial charge in [-0.2, -0.15) is 0 Å². The summed E-state index contributed by atoms with van der Waals surface area (Å²) in [5.41, 5.74) is 5.27. The summed E-state index contributed by atoms with van der Waals surface area (Å²) in [5.74, 6) is -0.139. The number of aliphatic hydroxyl groups excluding tert-OH is 4. The van der Waals surface area contributed by atoms with Crippen LogP contribution in [-0.2, 0) is 11.3 Å². The zero-order chi connectivity index (χ0) is 18.3. The minimum atomic E-state index is -1.35. The lowest BCUT2D eigenvalue weighted by Crippen LogP contribution is -2.46. The zero-order valence-electron chi connectivity index (χ0n) is 13.2. The van der Waals surface area contributed by atoms with E-state index in [9.17, 15) is 25.2 Å². The summed E-state index contributed by atoms with van der Waals surface area (Å²) in [6, 6.07) is 0. The van der Waals surface area contributed by atoms with Gasteiger partial charge in [0.15, 0.2) is 6.33 Å². The Morgan fingerprint density at radius 1 is 1.52 bits per heavy atom. The Morgan fingerprint density at radius 3 is 2.84 bits per heavy atom. The van der Waals surface area contributed by atoms with Gasteiger partial charge in [0, 0.05) is 0 Å². The average molecular weight is 354 g/mol. The predicted molar refractivity (Wildman–Crippen MR) is 84.2 cm³/mol. The van der Waals surface area contributed by atoms with Crippen molar-refractivity contribution in [1.82, 2.24) is 14.5 Å². The molecular formula is C14H20N5O6+. The molecule has 1 saturated heterocycles. The highest BCUT2D eigenvalue weighted by Crippen LogP contribution is 2.26. The Bertz CT molecular complexity index is 848. The third-order valence-corrected chi connectivity index (χ3v) is 4.14. The van der Waals surface area contributed by atoms with Gasteiger partial charge < -0.3 is 30.9 Å². The Hall–Kier alpha value is -2.31. The van der Waals surface area contributed by atoms with Crippen molar-refractivity contribution in [2.45, 2.75) is 37.2 Å². The minimum Gasteiger partial charge on any atom is -0.394 e. The van der Waals surface area contributed by atoms with E-state index in [0.29, 0.717) is 0 Å². The predicted octanol–water partition coefficient (Wildman–Crippen LogP) is -3.25. The minimum absolute atomic E-state index is 0.0104. The van der Waals surface area contributed by atoms with Crippen LogP contribution in [0, 0.1) is 0 Å². The fraction of sp³-hybridized carbons (Fsp3) is 0.500. The fourth-order valence-electron chi connectivity index (χ4n) is 2.88. The number of nitrogens with two attached hydrogens (primary N) is 1. The van der Waals surface area contributed by atoms with Crippen LogP contribution in [-0.4, -0.2) is 66.0 Å². The smallest absolute Gasteiger partial charge is 0.313 e. The quantitative estimate of drug-likeness (QED) is 0.240. The summed E-state index contributed by atoms with van der Waals surface area (Å²) in [5, 5.41) is 39.2. The largest absolute Gasteiger partial charge is 0.394 e. The number of nitrogens with zero attached hydrogens (tertiary/aromatic N) is 3. The number of ether oxygens (including phenoxy) is 1. The molecule has 7 N–H and O–H groups in total. The SMILES string of the molecule is C=CC(O)Cn1c[n+]([C@@H]2O[C@H](CO)[C@@H](O)[C@H]2O)c2nc(N)[nH]c(=O)c21. The zero-order valence-corrected chi connectivity index (χ0v) is 13.2. The van der Waals surface area contributed by atoms with Gasteiger partial charge in [-0.1, -0.05) is 11.1 Å². The first-order valence-electron chi connectivity index (χ1n) is 7.60. The number of anilines is 1. The lowest BCUT2D eigenvalue weighted by molar-refractivity contribution is -0.746. The molecule has 0 saturated carbocycles. The summed E-state index contributed by atoms with van der Waals surface area (Å²) < 4.78 is 8.23. The molecule has 0 bridgehead atoms. The molecule has 0 spiro atoms. The van der Waals surface area contributed by atoms with E-state index in [4.69, 9.17) is 10.5 Å². The lowest BCUT2D eigenvalue weighted by atomic mass is 10.1. The molecule has 11 heteroatoms. The second-order valence-corrected chi connectivity index (χ2v) is 5.83. The maximum Gasteiger partial charge on any atom is 0.313 e. The van der Waals surface area contributed by atoms with Gasteiger partial charge in [0.2, 0.25) is 11.7 Å². The highest BCUT2D eigenvalue weighted by Gasteiger charge is 2.46. The summed E-state index contributed by atoms with van der Waals surface area (Å²) in [6.07, 6.45) is -2.94. The number of aliphatic hydroxyl groups is 4. The van der Waals surface area contributed by atoms with Crippen molar-refractivity contribution in [1.29, 1.82) is 0 Å². The number of rotatable bonds is 5. The number of aromatic amines is 1. The Kier molecular flexibility index (Phi) is 4.58. The second kappa shape index (κ2) is 6.54. The molecule has 136 valence electrons. The van der Waals surface area contributed by atoms with Gasteiger partial charge in [-0.15, -0.1) is 6.58 Å². The lowest BCUT2D eigenvalue weighted by Gasteiger charge is -2.12. The molecule has 0 amide bonds. The van der Waals surface area contributed by atoms with Gasteiger partial charge in [-0.05, 0) is 0 Å². The maximum absolute atomic E-state index is 12.3. The number of imidazole rings is 1. The van der Waals surface area contributed by atoms with Crippen LogP contribution in [0.15, 0.2) is 23.8 Å². The molecule has 1 unspecified atom stereocenters. The number of fused-ring (bicyclic) bond motifs is 1. The first-order chi connectivity index (χ1) is 11.9. The standard InChI is InChI=1S/C14H19N5O6/c1-2-6(21)3-18-5-19(11-8(18)12(24)17-14(15)16-11)13-10(23)9(22)7(4-20)25-13/h2,5-7,9-10,13,20-23H,1,3-4H2,(H2-,15,16,17,24)/p+1/t6?,7-,9-,10-,13-/m1/s1. The van der Waals surface area contributed by atoms with E-state index in [1.165, 1.54) is 21.5 Å². The number of H-pyrrole nitrogens is 1. The van der Waals surface area contributed by atoms with Crippen LogP contribution >= 0.6 is 0 Å². The normalized spacial score (nSPS) is 27.7. The third-order valence-electron chi connectivity index (χ3n) is 4.14. The van der Waals surface area contributed by atoms with Gasteiger partial charge in [0.25, 0.3) is 11.5 Å². The van der Waals surface area contributed by atoms with Crippen LogP contribution in [0.2, 0.25) is 0 Å². The van der Waals surface area contributed by atoms with Crippen LogP contribution < -0.4 is 15.9 Å². The van der Waals surface area contributed by atoms with Crippen LogP contribution in [0.4, 0.5) is 5.95 Å². The van der Waals surface area contributed by atoms with E-state index < -0.39 is 42.8 Å². The Labute approximate surface area is 141 Å². The van der Waals surface area contributed by atoms with E-state index in [1.807, 2.05) is 0 Å². The summed E-state index contributed by atoms with van der Waals surface area (Å²) in [6.45, 7) is 3.01. The molecule has 1 aliphatic heterocycles. The molecule has 1 aliphatic rings. The van der Waals surface area contributed by atoms with Gasteiger partial charge in [0.1, 0.15) is 24.4 Å². The highest BCUT2D eigenvalue weighted by molar-refractivity contribution is 5.67. The van der Waals surface area contributed by atoms with Crippen LogP contribution in [0.5, 0.6) is 0 Å². The van der Waals surface area contributed by atoms with Crippen molar-refractivity contribution in [3.63, 3.8) is 0 Å². The molecule has 0 radical (unpaired) electrons. The van der Waals surface area contributed by atoms with Gasteiger partial charge >= 0.3 is 5.65 Å². The van der Waals surface area contributed by atoms with E-state index >= 15 is 0 Å². The first-order valence-corrected chi connectivity index (χ1v) is 7.60. The van der Waals surface area contributed by atoms with Crippen LogP contribution in [0.25, 0.3) is 11.2 Å². The number of hydrogen-bond acceptors (Lipinski definition) is 8. The highest BCUT2D eigenvalue weighted by atomic mass is 16.6. The molecule has 3 heterocycles. The molecule has 11 nitrogen and oxygen atoms in total. The van der Waals surface area contributed by atoms with Gasteiger partial charge in [-0.3, -0.25) is 14.3 Å². The van der Waals surface area contributed by atoms with Gasteiger partial charge in [0.05, 0.1) is 13.2 Å². The van der Waals surface area contributed by atoms with Crippen LogP contribution in [0.1, 0.15) is 6.23 Å². The number of hydrogen-bond donors (Lipinski definition) is 6. The van der Waals surface area contributed by atoms with E-state index in [-0.39, 0.29) is 23.7 Å². The number of nitrogen functional groups attached to an aromatic ring is 1. The molecule has 2 aromatic rings.